The smallest absolute Gasteiger partial charge is 0.184 e. The predicted molar refractivity (Wildman–Crippen MR) is 253 cm³/mol. The van der Waals surface area contributed by atoms with Crippen molar-refractivity contribution in [3.05, 3.63) is 167 Å². The lowest BCUT2D eigenvalue weighted by molar-refractivity contribution is -0.0442. The van der Waals surface area contributed by atoms with Gasteiger partial charge in [0.15, 0.2) is 12.6 Å². The molecule has 1 aliphatic carbocycles. The van der Waals surface area contributed by atoms with Gasteiger partial charge in [0.2, 0.25) is 0 Å². The standard InChI is InChI=1S/C53H55IN2O4/c1-4-5-6-7-8-9-26-53(54)49-35-45(55(41-18-10-14-37(2)31-41)43-20-12-16-39(33-43)51-57-27-28-58-51)22-24-47(49)48-25-23-46(36-50(48)53)56(42-19-11-15-38(3)32-42)44-21-13-17-40(34-44)52-59-29-30-60-52/h10-25,31-36,51-52H,4-9,26-30H2,1-3H3. The maximum absolute atomic E-state index is 5.96. The van der Waals surface area contributed by atoms with Gasteiger partial charge >= 0.3 is 0 Å². The molecule has 2 saturated heterocycles. The molecule has 0 radical (unpaired) electrons. The fourth-order valence-electron chi connectivity index (χ4n) is 9.18. The molecule has 6 nitrogen and oxygen atoms in total. The third-order valence-electron chi connectivity index (χ3n) is 12.1. The first kappa shape index (κ1) is 40.9. The Kier molecular flexibility index (Phi) is 12.4. The van der Waals surface area contributed by atoms with E-state index in [4.69, 9.17) is 18.9 Å². The van der Waals surface area contributed by atoms with Crippen molar-refractivity contribution in [2.24, 2.45) is 0 Å². The van der Waals surface area contributed by atoms with E-state index in [1.54, 1.807) is 0 Å². The topological polar surface area (TPSA) is 43.4 Å². The van der Waals surface area contributed by atoms with Crippen LogP contribution in [-0.4, -0.2) is 26.4 Å². The SMILES string of the molecule is CCCCCCCCC1(I)c2cc(N(c3cccc(C)c3)c3cccc(C4OCCO4)c3)ccc2-c2ccc(N(c3cccc(C)c3)c3cccc(C4OCCO4)c3)cc21. The van der Waals surface area contributed by atoms with E-state index < -0.39 is 0 Å². The van der Waals surface area contributed by atoms with Crippen molar-refractivity contribution in [3.63, 3.8) is 0 Å². The number of hydrogen-bond acceptors (Lipinski definition) is 6. The van der Waals surface area contributed by atoms with Crippen LogP contribution >= 0.6 is 22.6 Å². The lowest BCUT2D eigenvalue weighted by Gasteiger charge is -2.31. The van der Waals surface area contributed by atoms with Crippen molar-refractivity contribution < 1.29 is 18.9 Å². The molecule has 2 fully saturated rings. The van der Waals surface area contributed by atoms with Gasteiger partial charge in [-0.05, 0) is 126 Å². The quantitative estimate of drug-likeness (QED) is 0.0581. The van der Waals surface area contributed by atoms with Crippen LogP contribution < -0.4 is 9.80 Å². The minimum Gasteiger partial charge on any atom is -0.346 e. The molecule has 0 amide bonds. The number of anilines is 6. The largest absolute Gasteiger partial charge is 0.346 e. The van der Waals surface area contributed by atoms with Crippen LogP contribution in [0.3, 0.4) is 0 Å². The maximum atomic E-state index is 5.96. The molecule has 0 bridgehead atoms. The van der Waals surface area contributed by atoms with E-state index in [-0.39, 0.29) is 16.0 Å². The first-order chi connectivity index (χ1) is 29.4. The Morgan fingerprint density at radius 1 is 0.483 bits per heavy atom. The number of unbranched alkanes of at least 4 members (excludes halogenated alkanes) is 5. The van der Waals surface area contributed by atoms with Gasteiger partial charge in [0.25, 0.3) is 0 Å². The highest BCUT2D eigenvalue weighted by Crippen LogP contribution is 2.58. The number of hydrogen-bond donors (Lipinski definition) is 0. The number of fused-ring (bicyclic) bond motifs is 3. The van der Waals surface area contributed by atoms with E-state index >= 15 is 0 Å². The van der Waals surface area contributed by atoms with Gasteiger partial charge in [-0.25, -0.2) is 0 Å². The Labute approximate surface area is 369 Å². The van der Waals surface area contributed by atoms with Crippen molar-refractivity contribution in [1.82, 2.24) is 0 Å². The second kappa shape index (κ2) is 18.2. The molecule has 9 rings (SSSR count). The van der Waals surface area contributed by atoms with E-state index in [0.29, 0.717) is 26.4 Å². The molecular formula is C53H55IN2O4. The van der Waals surface area contributed by atoms with Crippen molar-refractivity contribution >= 4 is 56.7 Å². The van der Waals surface area contributed by atoms with E-state index in [2.05, 4.69) is 187 Å². The number of aryl methyl sites for hydroxylation is 2. The highest BCUT2D eigenvalue weighted by molar-refractivity contribution is 14.1. The zero-order valence-corrected chi connectivity index (χ0v) is 37.2. The average Bonchev–Trinajstić information content (AvgIpc) is 4.06. The molecule has 2 heterocycles. The highest BCUT2D eigenvalue weighted by Gasteiger charge is 2.42. The van der Waals surface area contributed by atoms with Crippen molar-refractivity contribution in [3.8, 4) is 11.1 Å². The number of alkyl halides is 1. The molecule has 308 valence electrons. The third kappa shape index (κ3) is 8.40. The van der Waals surface area contributed by atoms with Gasteiger partial charge in [0.05, 0.1) is 29.8 Å². The lowest BCUT2D eigenvalue weighted by Crippen LogP contribution is -2.19. The summed E-state index contributed by atoms with van der Waals surface area (Å²) in [6, 6.07) is 49.2. The zero-order chi connectivity index (χ0) is 41.1. The van der Waals surface area contributed by atoms with Crippen LogP contribution in [0.15, 0.2) is 133 Å². The summed E-state index contributed by atoms with van der Waals surface area (Å²) in [6.07, 6.45) is 7.89. The molecule has 0 saturated carbocycles. The molecule has 0 atom stereocenters. The predicted octanol–water partition coefficient (Wildman–Crippen LogP) is 14.7. The number of benzene rings is 6. The first-order valence-electron chi connectivity index (χ1n) is 21.8. The maximum Gasteiger partial charge on any atom is 0.184 e. The molecular weight excluding hydrogens is 855 g/mol. The molecule has 6 aromatic carbocycles. The number of halogens is 1. The van der Waals surface area contributed by atoms with Gasteiger partial charge in [-0.2, -0.15) is 0 Å². The fourth-order valence-corrected chi connectivity index (χ4v) is 10.5. The molecule has 3 aliphatic rings. The van der Waals surface area contributed by atoms with Gasteiger partial charge in [-0.1, -0.05) is 129 Å². The molecule has 0 N–H and O–H groups in total. The van der Waals surface area contributed by atoms with Crippen LogP contribution in [0.4, 0.5) is 34.1 Å². The molecule has 7 heteroatoms. The summed E-state index contributed by atoms with van der Waals surface area (Å²) in [5.41, 5.74) is 16.5. The van der Waals surface area contributed by atoms with Gasteiger partial charge in [-0.3, -0.25) is 0 Å². The summed E-state index contributed by atoms with van der Waals surface area (Å²) in [4.78, 5) is 4.79. The number of nitrogens with zero attached hydrogens (tertiary/aromatic N) is 2. The highest BCUT2D eigenvalue weighted by atomic mass is 127. The summed E-state index contributed by atoms with van der Waals surface area (Å²) in [5, 5.41) is 0. The Balaban J connectivity index is 1.16. The lowest BCUT2D eigenvalue weighted by atomic mass is 9.90. The third-order valence-corrected chi connectivity index (χ3v) is 13.8. The molecule has 0 unspecified atom stereocenters. The van der Waals surface area contributed by atoms with Gasteiger partial charge < -0.3 is 28.7 Å². The van der Waals surface area contributed by atoms with E-state index in [1.165, 1.54) is 65.5 Å². The molecule has 6 aromatic rings. The van der Waals surface area contributed by atoms with Gasteiger partial charge in [0.1, 0.15) is 0 Å². The van der Waals surface area contributed by atoms with E-state index in [9.17, 15) is 0 Å². The second-order valence-electron chi connectivity index (χ2n) is 16.5. The normalized spacial score (nSPS) is 15.9. The van der Waals surface area contributed by atoms with Gasteiger partial charge in [-0.15, -0.1) is 0 Å². The molecule has 2 aliphatic heterocycles. The van der Waals surface area contributed by atoms with Gasteiger partial charge in [0, 0.05) is 45.3 Å². The van der Waals surface area contributed by atoms with Crippen molar-refractivity contribution in [1.29, 1.82) is 0 Å². The zero-order valence-electron chi connectivity index (χ0n) is 35.0. The Hall–Kier alpha value is -4.51. The van der Waals surface area contributed by atoms with Crippen molar-refractivity contribution in [2.75, 3.05) is 36.2 Å². The van der Waals surface area contributed by atoms with Crippen LogP contribution in [0.5, 0.6) is 0 Å². The monoisotopic (exact) mass is 910 g/mol. The van der Waals surface area contributed by atoms with E-state index in [1.807, 2.05) is 0 Å². The average molecular weight is 911 g/mol. The summed E-state index contributed by atoms with van der Waals surface area (Å²) in [7, 11) is 0. The van der Waals surface area contributed by atoms with Crippen LogP contribution in [0.25, 0.3) is 11.1 Å². The van der Waals surface area contributed by atoms with Crippen molar-refractivity contribution in [2.45, 2.75) is 81.7 Å². The van der Waals surface area contributed by atoms with Crippen LogP contribution in [0.2, 0.25) is 0 Å². The summed E-state index contributed by atoms with van der Waals surface area (Å²) >= 11 is 2.82. The minimum atomic E-state index is -0.349. The minimum absolute atomic E-state index is 0.240. The number of ether oxygens (including phenoxy) is 4. The second-order valence-corrected chi connectivity index (χ2v) is 18.3. The van der Waals surface area contributed by atoms with Crippen LogP contribution in [0.1, 0.15) is 97.8 Å². The number of rotatable bonds is 15. The first-order valence-corrected chi connectivity index (χ1v) is 22.9. The summed E-state index contributed by atoms with van der Waals surface area (Å²) in [6.45, 7) is 9.06. The molecule has 0 spiro atoms. The van der Waals surface area contributed by atoms with Crippen LogP contribution in [-0.2, 0) is 22.4 Å². The Morgan fingerprint density at radius 3 is 1.33 bits per heavy atom. The molecule has 0 aromatic heterocycles. The molecule has 60 heavy (non-hydrogen) atoms. The summed E-state index contributed by atoms with van der Waals surface area (Å²) < 4.78 is 23.6. The fraction of sp³-hybridized carbons (Fsp3) is 0.321. The van der Waals surface area contributed by atoms with Crippen LogP contribution in [0, 0.1) is 13.8 Å². The summed E-state index contributed by atoms with van der Waals surface area (Å²) in [5.74, 6) is 0. The Bertz CT molecular complexity index is 2280. The Morgan fingerprint density at radius 2 is 0.883 bits per heavy atom. The van der Waals surface area contributed by atoms with E-state index in [0.717, 1.165) is 58.1 Å².